The molecule has 3 rings (SSSR count). The number of rotatable bonds is 0. The van der Waals surface area contributed by atoms with E-state index in [0.29, 0.717) is 12.0 Å². The van der Waals surface area contributed by atoms with Crippen molar-refractivity contribution < 1.29 is 9.15 Å². The number of fused-ring (bicyclic) bond motifs is 1. The zero-order valence-electron chi connectivity index (χ0n) is 2.84. The second kappa shape index (κ2) is 0.448. The van der Waals surface area contributed by atoms with Crippen LogP contribution >= 0.6 is 0 Å². The minimum Gasteiger partial charge on any atom is -0.413 e. The standard InChI is InChI=1S/C3HNO2/c1-2-4-3(5-1)6-2/h1H. The molecule has 0 radical (unpaired) electrons. The Morgan fingerprint density at radius 2 is 2.50 bits per heavy atom. The van der Waals surface area contributed by atoms with Gasteiger partial charge in [0.1, 0.15) is 0 Å². The Kier molecular flexibility index (Phi) is 0.166. The Labute approximate surface area is 33.6 Å². The molecule has 0 fully saturated rings. The van der Waals surface area contributed by atoms with E-state index in [4.69, 9.17) is 0 Å². The zero-order chi connectivity index (χ0) is 3.98. The maximum atomic E-state index is 4.64. The van der Waals surface area contributed by atoms with Crippen LogP contribution in [0.25, 0.3) is 0 Å². The molecule has 0 saturated heterocycles. The number of aromatic nitrogens is 1. The van der Waals surface area contributed by atoms with E-state index in [1.54, 1.807) is 0 Å². The van der Waals surface area contributed by atoms with Crippen molar-refractivity contribution in [1.82, 2.24) is 4.98 Å². The minimum atomic E-state index is 0.380. The van der Waals surface area contributed by atoms with Crippen LogP contribution in [-0.4, -0.2) is 4.98 Å². The van der Waals surface area contributed by atoms with Gasteiger partial charge in [-0.3, -0.25) is 0 Å². The van der Waals surface area contributed by atoms with Crippen LogP contribution in [0.5, 0.6) is 12.0 Å². The van der Waals surface area contributed by atoms with Crippen molar-refractivity contribution in [1.29, 1.82) is 0 Å². The van der Waals surface area contributed by atoms with Gasteiger partial charge < -0.3 is 9.15 Å². The fourth-order valence-electron chi connectivity index (χ4n) is 0.388. The summed E-state index contributed by atoms with van der Waals surface area (Å²) in [4.78, 5) is 3.67. The van der Waals surface area contributed by atoms with Gasteiger partial charge in [-0.1, -0.05) is 0 Å². The van der Waals surface area contributed by atoms with Crippen molar-refractivity contribution in [2.75, 3.05) is 0 Å². The van der Waals surface area contributed by atoms with Gasteiger partial charge in [-0.05, 0) is 0 Å². The first-order valence-corrected chi connectivity index (χ1v) is 1.58. The molecule has 2 bridgehead atoms. The molecule has 0 aromatic carbocycles. The van der Waals surface area contributed by atoms with Crippen LogP contribution in [0.4, 0.5) is 0 Å². The molecule has 0 aliphatic carbocycles. The summed E-state index contributed by atoms with van der Waals surface area (Å²) in [6.07, 6.45) is 1.85. The van der Waals surface area contributed by atoms with E-state index in [1.165, 1.54) is 6.26 Å². The fourth-order valence-corrected chi connectivity index (χ4v) is 0.388. The Hall–Kier alpha value is -0.990. The Bertz CT molecular complexity index is 145. The summed E-state index contributed by atoms with van der Waals surface area (Å²) in [5.74, 6) is 0.588. The fraction of sp³-hybridized carbons (Fsp3) is 0. The van der Waals surface area contributed by atoms with Crippen molar-refractivity contribution in [2.45, 2.75) is 0 Å². The highest BCUT2D eigenvalue weighted by atomic mass is 16.7. The van der Waals surface area contributed by atoms with Gasteiger partial charge in [0.2, 0.25) is 0 Å². The van der Waals surface area contributed by atoms with E-state index in [1.807, 2.05) is 0 Å². The molecule has 3 nitrogen and oxygen atoms in total. The number of hydrogen-bond acceptors (Lipinski definition) is 3. The molecule has 0 saturated carbocycles. The predicted octanol–water partition coefficient (Wildman–Crippen LogP) is 0.780. The van der Waals surface area contributed by atoms with Crippen LogP contribution in [0.1, 0.15) is 0 Å². The number of ether oxygens (including phenoxy) is 1. The molecule has 0 spiro atoms. The highest BCUT2D eigenvalue weighted by Crippen LogP contribution is 2.30. The summed E-state index contributed by atoms with van der Waals surface area (Å²) in [7, 11) is 0. The summed E-state index contributed by atoms with van der Waals surface area (Å²) >= 11 is 0. The number of hydrogen-bond donors (Lipinski definition) is 0. The largest absolute Gasteiger partial charge is 0.413 e. The SMILES string of the molecule is c1oc2nc1O2. The summed E-state index contributed by atoms with van der Waals surface area (Å²) in [6, 6.07) is 0. The van der Waals surface area contributed by atoms with E-state index >= 15 is 0 Å². The molecular formula is C3HNO2. The topological polar surface area (TPSA) is 35.3 Å². The van der Waals surface area contributed by atoms with Gasteiger partial charge in [0.05, 0.1) is 0 Å². The molecule has 0 N–H and O–H groups in total. The molecule has 6 heavy (non-hydrogen) atoms. The van der Waals surface area contributed by atoms with Crippen molar-refractivity contribution in [3.8, 4) is 12.0 Å². The molecule has 30 valence electrons. The maximum absolute atomic E-state index is 4.64. The normalized spacial score (nSPS) is 12.7. The average Bonchev–Trinajstić information content (AvgIpc) is 1.72. The van der Waals surface area contributed by atoms with E-state index in [2.05, 4.69) is 14.1 Å². The second-order valence-electron chi connectivity index (χ2n) is 1.05. The molecule has 3 heterocycles. The van der Waals surface area contributed by atoms with Crippen LogP contribution in [0, 0.1) is 0 Å². The van der Waals surface area contributed by atoms with Gasteiger partial charge in [0.25, 0.3) is 5.88 Å². The summed E-state index contributed by atoms with van der Waals surface area (Å²) in [5, 5.41) is 0. The predicted molar refractivity (Wildman–Crippen MR) is 16.6 cm³/mol. The zero-order valence-corrected chi connectivity index (χ0v) is 2.84. The van der Waals surface area contributed by atoms with Crippen molar-refractivity contribution >= 4 is 0 Å². The van der Waals surface area contributed by atoms with Crippen LogP contribution < -0.4 is 4.74 Å². The van der Waals surface area contributed by atoms with Crippen molar-refractivity contribution in [3.05, 3.63) is 6.26 Å². The molecule has 2 aliphatic heterocycles. The lowest BCUT2D eigenvalue weighted by molar-refractivity contribution is 0.317. The molecule has 1 aromatic rings. The summed E-state index contributed by atoms with van der Waals surface area (Å²) < 4.78 is 9.23. The molecule has 0 amide bonds. The van der Waals surface area contributed by atoms with Gasteiger partial charge in [0, 0.05) is 0 Å². The van der Waals surface area contributed by atoms with E-state index in [0.717, 1.165) is 0 Å². The Balaban J connectivity index is 2.95. The summed E-state index contributed by atoms with van der Waals surface area (Å²) in [5.41, 5.74) is 0. The third kappa shape index (κ3) is 0.0843. The molecular weight excluding hydrogens is 82.0 g/mol. The van der Waals surface area contributed by atoms with E-state index in [9.17, 15) is 0 Å². The monoisotopic (exact) mass is 83.0 g/mol. The minimum absolute atomic E-state index is 0.380. The smallest absolute Gasteiger partial charge is 0.404 e. The molecule has 3 heteroatoms. The number of oxazole rings is 1. The highest BCUT2D eigenvalue weighted by Gasteiger charge is 2.16. The van der Waals surface area contributed by atoms with Crippen LogP contribution in [0.15, 0.2) is 10.7 Å². The first-order valence-electron chi connectivity index (χ1n) is 1.58. The van der Waals surface area contributed by atoms with Gasteiger partial charge in [-0.15, -0.1) is 4.98 Å². The lowest BCUT2D eigenvalue weighted by atomic mass is 10.8. The molecule has 2 aliphatic rings. The third-order valence-electron chi connectivity index (χ3n) is 0.654. The van der Waals surface area contributed by atoms with Crippen LogP contribution in [0.2, 0.25) is 0 Å². The van der Waals surface area contributed by atoms with Crippen molar-refractivity contribution in [3.63, 3.8) is 0 Å². The number of nitrogens with zero attached hydrogens (tertiary/aromatic N) is 1. The first-order chi connectivity index (χ1) is 2.95. The quantitative estimate of drug-likeness (QED) is 0.472. The van der Waals surface area contributed by atoms with Gasteiger partial charge in [0.15, 0.2) is 6.26 Å². The molecule has 1 aromatic heterocycles. The van der Waals surface area contributed by atoms with Crippen LogP contribution in [0.3, 0.4) is 0 Å². The summed E-state index contributed by atoms with van der Waals surface area (Å²) in [6.45, 7) is 0. The third-order valence-corrected chi connectivity index (χ3v) is 0.654. The average molecular weight is 83.0 g/mol. The van der Waals surface area contributed by atoms with E-state index < -0.39 is 0 Å². The lowest BCUT2D eigenvalue weighted by Crippen LogP contribution is -1.89. The van der Waals surface area contributed by atoms with Crippen LogP contribution in [-0.2, 0) is 0 Å². The lowest BCUT2D eigenvalue weighted by Gasteiger charge is -1.95. The van der Waals surface area contributed by atoms with Gasteiger partial charge in [-0.25, -0.2) is 0 Å². The highest BCUT2D eigenvalue weighted by molar-refractivity contribution is 5.18. The Morgan fingerprint density at radius 1 is 1.67 bits per heavy atom. The second-order valence-corrected chi connectivity index (χ2v) is 1.05. The molecule has 0 unspecified atom stereocenters. The molecule has 0 atom stereocenters. The van der Waals surface area contributed by atoms with Gasteiger partial charge >= 0.3 is 6.08 Å². The first kappa shape index (κ1) is 2.23. The van der Waals surface area contributed by atoms with E-state index in [-0.39, 0.29) is 0 Å². The maximum Gasteiger partial charge on any atom is 0.404 e. The van der Waals surface area contributed by atoms with Gasteiger partial charge in [-0.2, -0.15) is 0 Å². The Morgan fingerprint density at radius 3 is 2.67 bits per heavy atom. The van der Waals surface area contributed by atoms with Crippen molar-refractivity contribution in [2.24, 2.45) is 0 Å².